The Kier molecular flexibility index (Phi) is 7.35. The molecule has 0 spiro atoms. The molecule has 0 fully saturated rings. The Balaban J connectivity index is 1.40. The molecule has 0 aliphatic heterocycles. The Morgan fingerprint density at radius 3 is 1.62 bits per heavy atom. The molecular weight excluding hydrogens is 426 g/mol. The molecular formula is C29H25NO4. The van der Waals surface area contributed by atoms with Crippen LogP contribution in [0.2, 0.25) is 0 Å². The lowest BCUT2D eigenvalue weighted by molar-refractivity contribution is -0.135. The second-order valence-electron chi connectivity index (χ2n) is 7.92. The maximum atomic E-state index is 13.0. The lowest BCUT2D eigenvalue weighted by atomic mass is 10.0. The summed E-state index contributed by atoms with van der Waals surface area (Å²) in [7, 11) is 0. The van der Waals surface area contributed by atoms with Crippen LogP contribution >= 0.6 is 0 Å². The van der Waals surface area contributed by atoms with Gasteiger partial charge in [0.1, 0.15) is 5.75 Å². The molecule has 0 saturated carbocycles. The van der Waals surface area contributed by atoms with Gasteiger partial charge in [0.2, 0.25) is 0 Å². The number of carbonyl (C=O) groups is 2. The Morgan fingerprint density at radius 1 is 0.647 bits per heavy atom. The molecule has 34 heavy (non-hydrogen) atoms. The molecule has 0 heterocycles. The van der Waals surface area contributed by atoms with E-state index in [9.17, 15) is 14.7 Å². The number of hydrogen-bond acceptors (Lipinski definition) is 4. The SMILES string of the molecule is O=C(OCC(=O)N(Cc1ccccc1)Cc1ccccc1)c1ccc(-c2ccc(O)cc2)cc1. The highest BCUT2D eigenvalue weighted by Gasteiger charge is 2.18. The maximum Gasteiger partial charge on any atom is 0.338 e. The zero-order valence-electron chi connectivity index (χ0n) is 18.6. The van der Waals surface area contributed by atoms with Gasteiger partial charge in [0.05, 0.1) is 5.56 Å². The van der Waals surface area contributed by atoms with E-state index in [1.807, 2.05) is 72.8 Å². The Hall–Kier alpha value is -4.38. The van der Waals surface area contributed by atoms with Gasteiger partial charge in [-0.1, -0.05) is 84.9 Å². The lowest BCUT2D eigenvalue weighted by Crippen LogP contribution is -2.33. The number of hydrogen-bond donors (Lipinski definition) is 1. The van der Waals surface area contributed by atoms with Crippen molar-refractivity contribution in [3.05, 3.63) is 126 Å². The molecule has 4 aromatic carbocycles. The molecule has 0 radical (unpaired) electrons. The summed E-state index contributed by atoms with van der Waals surface area (Å²) in [5.41, 5.74) is 4.20. The van der Waals surface area contributed by atoms with Gasteiger partial charge in [-0.3, -0.25) is 4.79 Å². The number of benzene rings is 4. The minimum Gasteiger partial charge on any atom is -0.508 e. The van der Waals surface area contributed by atoms with Crippen molar-refractivity contribution in [3.8, 4) is 16.9 Å². The smallest absolute Gasteiger partial charge is 0.338 e. The molecule has 0 unspecified atom stereocenters. The standard InChI is InChI=1S/C29H25NO4/c31-27-17-15-25(16-18-27)24-11-13-26(14-12-24)29(33)34-21-28(32)30(19-22-7-3-1-4-8-22)20-23-9-5-2-6-10-23/h1-18,31H,19-21H2. The molecule has 0 bridgehead atoms. The van der Waals surface area contributed by atoms with Crippen LogP contribution in [0, 0.1) is 0 Å². The Bertz CT molecular complexity index is 1180. The number of rotatable bonds is 8. The predicted molar refractivity (Wildman–Crippen MR) is 131 cm³/mol. The first kappa shape index (κ1) is 22.8. The van der Waals surface area contributed by atoms with Crippen LogP contribution in [0.5, 0.6) is 5.75 Å². The van der Waals surface area contributed by atoms with E-state index < -0.39 is 5.97 Å². The van der Waals surface area contributed by atoms with Crippen molar-refractivity contribution < 1.29 is 19.4 Å². The molecule has 1 N–H and O–H groups in total. The summed E-state index contributed by atoms with van der Waals surface area (Å²) in [5, 5.41) is 9.44. The van der Waals surface area contributed by atoms with Gasteiger partial charge < -0.3 is 14.7 Å². The quantitative estimate of drug-likeness (QED) is 0.362. The lowest BCUT2D eigenvalue weighted by Gasteiger charge is -2.23. The monoisotopic (exact) mass is 451 g/mol. The van der Waals surface area contributed by atoms with Gasteiger partial charge in [-0.2, -0.15) is 0 Å². The van der Waals surface area contributed by atoms with Crippen molar-refractivity contribution in [2.45, 2.75) is 13.1 Å². The third kappa shape index (κ3) is 6.11. The van der Waals surface area contributed by atoms with Crippen LogP contribution in [-0.4, -0.2) is 28.5 Å². The third-order valence-electron chi connectivity index (χ3n) is 5.43. The highest BCUT2D eigenvalue weighted by atomic mass is 16.5. The second-order valence-corrected chi connectivity index (χ2v) is 7.92. The van der Waals surface area contributed by atoms with E-state index in [2.05, 4.69) is 0 Å². The van der Waals surface area contributed by atoms with Crippen LogP contribution < -0.4 is 0 Å². The van der Waals surface area contributed by atoms with E-state index in [-0.39, 0.29) is 18.3 Å². The molecule has 5 nitrogen and oxygen atoms in total. The topological polar surface area (TPSA) is 66.8 Å². The van der Waals surface area contributed by atoms with Gasteiger partial charge in [0.25, 0.3) is 5.91 Å². The van der Waals surface area contributed by atoms with Crippen molar-refractivity contribution >= 4 is 11.9 Å². The van der Waals surface area contributed by atoms with E-state index in [0.717, 1.165) is 22.3 Å². The molecule has 0 aromatic heterocycles. The van der Waals surface area contributed by atoms with E-state index in [1.54, 1.807) is 41.3 Å². The number of amides is 1. The van der Waals surface area contributed by atoms with Gasteiger partial charge in [0.15, 0.2) is 6.61 Å². The van der Waals surface area contributed by atoms with E-state index >= 15 is 0 Å². The zero-order chi connectivity index (χ0) is 23.8. The first-order chi connectivity index (χ1) is 16.6. The molecule has 170 valence electrons. The second kappa shape index (κ2) is 11.0. The van der Waals surface area contributed by atoms with Crippen molar-refractivity contribution in [2.24, 2.45) is 0 Å². The fraction of sp³-hybridized carbons (Fsp3) is 0.103. The molecule has 0 aliphatic rings. The molecule has 0 atom stereocenters. The fourth-order valence-electron chi connectivity index (χ4n) is 3.59. The number of aromatic hydroxyl groups is 1. The number of phenolic OH excluding ortho intramolecular Hbond substituents is 1. The van der Waals surface area contributed by atoms with Crippen molar-refractivity contribution in [1.29, 1.82) is 0 Å². The van der Waals surface area contributed by atoms with Crippen LogP contribution in [0.15, 0.2) is 109 Å². The summed E-state index contributed by atoms with van der Waals surface area (Å²) < 4.78 is 5.34. The van der Waals surface area contributed by atoms with Gasteiger partial charge in [-0.25, -0.2) is 4.79 Å². The average molecular weight is 452 g/mol. The minimum absolute atomic E-state index is 0.196. The van der Waals surface area contributed by atoms with Gasteiger partial charge in [0, 0.05) is 13.1 Å². The normalized spacial score (nSPS) is 10.5. The molecule has 4 aromatic rings. The third-order valence-corrected chi connectivity index (χ3v) is 5.43. The maximum absolute atomic E-state index is 13.0. The summed E-state index contributed by atoms with van der Waals surface area (Å²) in [6, 6.07) is 33.2. The minimum atomic E-state index is -0.551. The van der Waals surface area contributed by atoms with E-state index in [0.29, 0.717) is 18.7 Å². The Labute approximate surface area is 198 Å². The first-order valence-electron chi connectivity index (χ1n) is 11.0. The molecule has 0 saturated heterocycles. The molecule has 0 aliphatic carbocycles. The van der Waals surface area contributed by atoms with Crippen LogP contribution in [0.3, 0.4) is 0 Å². The predicted octanol–water partition coefficient (Wildman–Crippen LogP) is 5.45. The van der Waals surface area contributed by atoms with Gasteiger partial charge >= 0.3 is 5.97 Å². The number of carbonyl (C=O) groups excluding carboxylic acids is 2. The summed E-state index contributed by atoms with van der Waals surface area (Å²) >= 11 is 0. The summed E-state index contributed by atoms with van der Waals surface area (Å²) in [6.45, 7) is 0.513. The zero-order valence-corrected chi connectivity index (χ0v) is 18.6. The highest BCUT2D eigenvalue weighted by molar-refractivity contribution is 5.92. The van der Waals surface area contributed by atoms with Crippen LogP contribution in [0.1, 0.15) is 21.5 Å². The van der Waals surface area contributed by atoms with Crippen LogP contribution in [0.25, 0.3) is 11.1 Å². The van der Waals surface area contributed by atoms with Gasteiger partial charge in [-0.05, 0) is 46.5 Å². The Morgan fingerprint density at radius 2 is 1.12 bits per heavy atom. The summed E-state index contributed by atoms with van der Waals surface area (Å²) in [5.74, 6) is -0.617. The van der Waals surface area contributed by atoms with Crippen LogP contribution in [0.4, 0.5) is 0 Å². The number of phenols is 1. The van der Waals surface area contributed by atoms with Gasteiger partial charge in [-0.15, -0.1) is 0 Å². The first-order valence-corrected chi connectivity index (χ1v) is 11.0. The largest absolute Gasteiger partial charge is 0.508 e. The fourth-order valence-corrected chi connectivity index (χ4v) is 3.59. The average Bonchev–Trinajstić information content (AvgIpc) is 2.88. The number of ether oxygens (including phenoxy) is 1. The van der Waals surface area contributed by atoms with Crippen molar-refractivity contribution in [2.75, 3.05) is 6.61 Å². The molecule has 1 amide bonds. The number of nitrogens with zero attached hydrogens (tertiary/aromatic N) is 1. The van der Waals surface area contributed by atoms with Crippen molar-refractivity contribution in [3.63, 3.8) is 0 Å². The van der Waals surface area contributed by atoms with Crippen LogP contribution in [-0.2, 0) is 22.6 Å². The highest BCUT2D eigenvalue weighted by Crippen LogP contribution is 2.22. The van der Waals surface area contributed by atoms with Crippen molar-refractivity contribution in [1.82, 2.24) is 4.90 Å². The van der Waals surface area contributed by atoms with E-state index in [4.69, 9.17) is 4.74 Å². The molecule has 4 rings (SSSR count). The summed E-state index contributed by atoms with van der Waals surface area (Å²) in [4.78, 5) is 27.2. The molecule has 5 heteroatoms. The number of esters is 1. The van der Waals surface area contributed by atoms with E-state index in [1.165, 1.54) is 0 Å². The summed E-state index contributed by atoms with van der Waals surface area (Å²) in [6.07, 6.45) is 0.